The molecule has 2 heterocycles. The van der Waals surface area contributed by atoms with Gasteiger partial charge in [-0.1, -0.05) is 30.3 Å². The van der Waals surface area contributed by atoms with Gasteiger partial charge in [0, 0.05) is 5.39 Å². The number of rotatable bonds is 4. The summed E-state index contributed by atoms with van der Waals surface area (Å²) in [6.45, 7) is 0. The quantitative estimate of drug-likeness (QED) is 0.342. The van der Waals surface area contributed by atoms with Crippen molar-refractivity contribution in [3.8, 4) is 0 Å². The highest BCUT2D eigenvalue weighted by Crippen LogP contribution is 2.28. The molecule has 0 aliphatic heterocycles. The Hall–Kier alpha value is -3.94. The fraction of sp³-hybridized carbons (Fsp3) is 0. The minimum absolute atomic E-state index is 0.110. The van der Waals surface area contributed by atoms with Crippen LogP contribution < -0.4 is 5.43 Å². The summed E-state index contributed by atoms with van der Waals surface area (Å²) in [6.07, 6.45) is 1.17. The maximum atomic E-state index is 12.2. The predicted molar refractivity (Wildman–Crippen MR) is 94.1 cm³/mol. The normalized spacial score (nSPS) is 11.4. The van der Waals surface area contributed by atoms with Crippen molar-refractivity contribution in [3.63, 3.8) is 0 Å². The van der Waals surface area contributed by atoms with Crippen molar-refractivity contribution in [2.45, 2.75) is 0 Å². The number of benzene rings is 2. The largest absolute Gasteiger partial charge is 0.451 e. The van der Waals surface area contributed by atoms with Crippen molar-refractivity contribution >= 4 is 39.7 Å². The number of nitrogens with zero attached hydrogens (tertiary/aromatic N) is 2. The highest BCUT2D eigenvalue weighted by Gasteiger charge is 2.14. The molecule has 0 saturated heterocycles. The molecule has 0 bridgehead atoms. The molecule has 0 saturated carbocycles. The molecule has 0 fully saturated rings. The van der Waals surface area contributed by atoms with Crippen LogP contribution in [0.2, 0.25) is 0 Å². The number of hydrazone groups is 1. The van der Waals surface area contributed by atoms with Crippen LogP contribution in [0.3, 0.4) is 0 Å². The van der Waals surface area contributed by atoms with E-state index in [1.165, 1.54) is 18.3 Å². The summed E-state index contributed by atoms with van der Waals surface area (Å²) < 4.78 is 10.5. The van der Waals surface area contributed by atoms with Gasteiger partial charge >= 0.3 is 11.8 Å². The van der Waals surface area contributed by atoms with Gasteiger partial charge in [-0.15, -0.1) is 0 Å². The maximum absolute atomic E-state index is 12.2. The van der Waals surface area contributed by atoms with Crippen molar-refractivity contribution in [1.82, 2.24) is 5.43 Å². The standard InChI is InChI=1S/C18H11N3O5/c22-18(20-19-10-12-6-8-17(25-12)21(23)24)16-9-14-13-4-2-1-3-11(13)5-7-15(14)26-16/h1-10H,(H,20,22)/b19-10-. The van der Waals surface area contributed by atoms with E-state index in [9.17, 15) is 14.9 Å². The zero-order chi connectivity index (χ0) is 18.1. The Labute approximate surface area is 145 Å². The van der Waals surface area contributed by atoms with E-state index in [1.54, 1.807) is 12.1 Å². The Morgan fingerprint density at radius 3 is 2.73 bits per heavy atom. The van der Waals surface area contributed by atoms with E-state index in [0.717, 1.165) is 16.2 Å². The van der Waals surface area contributed by atoms with E-state index >= 15 is 0 Å². The van der Waals surface area contributed by atoms with Gasteiger partial charge in [-0.3, -0.25) is 14.9 Å². The summed E-state index contributed by atoms with van der Waals surface area (Å²) in [7, 11) is 0. The lowest BCUT2D eigenvalue weighted by atomic mass is 10.1. The van der Waals surface area contributed by atoms with Crippen molar-refractivity contribution in [2.24, 2.45) is 5.10 Å². The third kappa shape index (κ3) is 2.80. The van der Waals surface area contributed by atoms with Gasteiger partial charge in [-0.2, -0.15) is 5.10 Å². The average Bonchev–Trinajstić information content (AvgIpc) is 3.28. The third-order valence-corrected chi connectivity index (χ3v) is 3.80. The van der Waals surface area contributed by atoms with Crippen molar-refractivity contribution < 1.29 is 18.6 Å². The fourth-order valence-electron chi connectivity index (χ4n) is 2.62. The summed E-state index contributed by atoms with van der Waals surface area (Å²) >= 11 is 0. The zero-order valence-electron chi connectivity index (χ0n) is 13.2. The summed E-state index contributed by atoms with van der Waals surface area (Å²) in [5.41, 5.74) is 2.90. The number of hydrogen-bond donors (Lipinski definition) is 1. The molecule has 4 rings (SSSR count). The summed E-state index contributed by atoms with van der Waals surface area (Å²) in [5.74, 6) is -0.684. The van der Waals surface area contributed by atoms with Gasteiger partial charge in [0.25, 0.3) is 0 Å². The molecule has 8 nitrogen and oxygen atoms in total. The molecule has 1 N–H and O–H groups in total. The average molecular weight is 349 g/mol. The van der Waals surface area contributed by atoms with Crippen LogP contribution in [0.1, 0.15) is 16.3 Å². The molecule has 2 aromatic heterocycles. The van der Waals surface area contributed by atoms with Crippen LogP contribution in [-0.4, -0.2) is 17.0 Å². The first-order valence-corrected chi connectivity index (χ1v) is 7.61. The first-order valence-electron chi connectivity index (χ1n) is 7.61. The Morgan fingerprint density at radius 1 is 1.08 bits per heavy atom. The number of nitro groups is 1. The van der Waals surface area contributed by atoms with Crippen LogP contribution >= 0.6 is 0 Å². The van der Waals surface area contributed by atoms with Gasteiger partial charge in [0.15, 0.2) is 11.5 Å². The SMILES string of the molecule is O=C(N/N=C\c1ccc([N+](=O)[O-])o1)c1cc2c(ccc3ccccc32)o1. The number of carbonyl (C=O) groups is 1. The Morgan fingerprint density at radius 2 is 1.92 bits per heavy atom. The maximum Gasteiger partial charge on any atom is 0.433 e. The van der Waals surface area contributed by atoms with E-state index in [0.29, 0.717) is 5.58 Å². The van der Waals surface area contributed by atoms with Crippen LogP contribution in [0.25, 0.3) is 21.7 Å². The Kier molecular flexibility index (Phi) is 3.70. The zero-order valence-corrected chi connectivity index (χ0v) is 13.2. The molecule has 0 aliphatic rings. The monoisotopic (exact) mass is 349 g/mol. The highest BCUT2D eigenvalue weighted by atomic mass is 16.6. The van der Waals surface area contributed by atoms with E-state index in [2.05, 4.69) is 10.5 Å². The second-order valence-corrected chi connectivity index (χ2v) is 5.44. The van der Waals surface area contributed by atoms with Gasteiger partial charge in [0.2, 0.25) is 0 Å². The molecule has 0 atom stereocenters. The lowest BCUT2D eigenvalue weighted by molar-refractivity contribution is -0.402. The van der Waals surface area contributed by atoms with E-state index in [-0.39, 0.29) is 11.5 Å². The Bertz CT molecular complexity index is 1170. The number of amides is 1. The summed E-state index contributed by atoms with van der Waals surface area (Å²) in [6, 6.07) is 15.8. The van der Waals surface area contributed by atoms with Gasteiger partial charge in [-0.25, -0.2) is 5.43 Å². The van der Waals surface area contributed by atoms with Gasteiger partial charge < -0.3 is 8.83 Å². The lowest BCUT2D eigenvalue weighted by Crippen LogP contribution is -2.16. The summed E-state index contributed by atoms with van der Waals surface area (Å²) in [4.78, 5) is 22.1. The molecule has 26 heavy (non-hydrogen) atoms. The number of hydrogen-bond acceptors (Lipinski definition) is 6. The molecule has 1 amide bonds. The van der Waals surface area contributed by atoms with Gasteiger partial charge in [-0.05, 0) is 29.0 Å². The van der Waals surface area contributed by atoms with Gasteiger partial charge in [0.1, 0.15) is 10.5 Å². The second-order valence-electron chi connectivity index (χ2n) is 5.44. The Balaban J connectivity index is 1.55. The first-order chi connectivity index (χ1) is 12.6. The van der Waals surface area contributed by atoms with Crippen molar-refractivity contribution in [3.05, 3.63) is 76.2 Å². The number of furan rings is 2. The van der Waals surface area contributed by atoms with Crippen LogP contribution in [0, 0.1) is 10.1 Å². The van der Waals surface area contributed by atoms with Gasteiger partial charge in [0.05, 0.1) is 12.3 Å². The second kappa shape index (κ2) is 6.17. The van der Waals surface area contributed by atoms with Crippen LogP contribution in [-0.2, 0) is 0 Å². The van der Waals surface area contributed by atoms with E-state index in [4.69, 9.17) is 8.83 Å². The first kappa shape index (κ1) is 15.6. The minimum Gasteiger partial charge on any atom is -0.451 e. The molecule has 2 aromatic carbocycles. The topological polar surface area (TPSA) is 111 Å². The third-order valence-electron chi connectivity index (χ3n) is 3.80. The molecule has 128 valence electrons. The summed E-state index contributed by atoms with van der Waals surface area (Å²) in [5, 5.41) is 17.1. The smallest absolute Gasteiger partial charge is 0.433 e. The number of fused-ring (bicyclic) bond motifs is 3. The molecule has 0 spiro atoms. The van der Waals surface area contributed by atoms with Crippen molar-refractivity contribution in [1.29, 1.82) is 0 Å². The predicted octanol–water partition coefficient (Wildman–Crippen LogP) is 3.85. The van der Waals surface area contributed by atoms with E-state index < -0.39 is 16.7 Å². The minimum atomic E-state index is -0.658. The van der Waals surface area contributed by atoms with Crippen LogP contribution in [0.15, 0.2) is 68.5 Å². The molecule has 0 aliphatic carbocycles. The molecule has 0 unspecified atom stereocenters. The number of carbonyl (C=O) groups excluding carboxylic acids is 1. The molecular formula is C18H11N3O5. The van der Waals surface area contributed by atoms with Crippen molar-refractivity contribution in [2.75, 3.05) is 0 Å². The molecule has 4 aromatic rings. The molecule has 0 radical (unpaired) electrons. The van der Waals surface area contributed by atoms with E-state index in [1.807, 2.05) is 30.3 Å². The molecular weight excluding hydrogens is 338 g/mol. The lowest BCUT2D eigenvalue weighted by Gasteiger charge is -1.96. The highest BCUT2D eigenvalue weighted by molar-refractivity contribution is 6.08. The van der Waals surface area contributed by atoms with Crippen LogP contribution in [0.5, 0.6) is 0 Å². The fourth-order valence-corrected chi connectivity index (χ4v) is 2.62. The number of nitrogens with one attached hydrogen (secondary N) is 1. The molecule has 8 heteroatoms. The van der Waals surface area contributed by atoms with Crippen LogP contribution in [0.4, 0.5) is 5.88 Å².